The Kier molecular flexibility index (Phi) is 5.23. The van der Waals surface area contributed by atoms with Gasteiger partial charge in [-0.2, -0.15) is 0 Å². The van der Waals surface area contributed by atoms with Gasteiger partial charge in [-0.1, -0.05) is 30.3 Å². The molecule has 0 aliphatic carbocycles. The van der Waals surface area contributed by atoms with Crippen LogP contribution in [0.1, 0.15) is 12.0 Å². The molecule has 136 valence electrons. The van der Waals surface area contributed by atoms with E-state index in [1.807, 2.05) is 12.1 Å². The monoisotopic (exact) mass is 366 g/mol. The predicted octanol–water partition coefficient (Wildman–Crippen LogP) is 5.78. The molecule has 0 aromatic heterocycles. The van der Waals surface area contributed by atoms with Crippen LogP contribution < -0.4 is 0 Å². The van der Waals surface area contributed by atoms with Gasteiger partial charge in [0, 0.05) is 13.7 Å². The molecular weight excluding hydrogens is 351 g/mol. The number of ether oxygens (including phenoxy) is 1. The van der Waals surface area contributed by atoms with Crippen molar-refractivity contribution in [3.8, 4) is 11.1 Å². The fraction of sp³-hybridized carbons (Fsp3) is 0.200. The lowest BCUT2D eigenvalue weighted by Gasteiger charge is -2.10. The molecule has 0 saturated carbocycles. The zero-order valence-corrected chi connectivity index (χ0v) is 13.9. The van der Waals surface area contributed by atoms with E-state index in [1.54, 1.807) is 19.2 Å². The second-order valence-corrected chi connectivity index (χ2v) is 5.94. The number of hydrogen-bond donors (Lipinski definition) is 0. The highest BCUT2D eigenvalue weighted by Gasteiger charge is 2.26. The molecule has 0 amide bonds. The van der Waals surface area contributed by atoms with Crippen molar-refractivity contribution in [3.05, 3.63) is 71.0 Å². The van der Waals surface area contributed by atoms with Crippen LogP contribution >= 0.6 is 0 Å². The van der Waals surface area contributed by atoms with Crippen LogP contribution in [0.2, 0.25) is 0 Å². The van der Waals surface area contributed by atoms with Crippen molar-refractivity contribution in [1.82, 2.24) is 0 Å². The summed E-state index contributed by atoms with van der Waals surface area (Å²) in [4.78, 5) is 0. The molecule has 0 aliphatic rings. The first kappa shape index (κ1) is 18.3. The van der Waals surface area contributed by atoms with Crippen LogP contribution in [0, 0.1) is 29.1 Å². The molecule has 0 atom stereocenters. The normalized spacial score (nSPS) is 11.3. The van der Waals surface area contributed by atoms with E-state index in [9.17, 15) is 22.0 Å². The van der Waals surface area contributed by atoms with E-state index >= 15 is 0 Å². The van der Waals surface area contributed by atoms with Gasteiger partial charge in [-0.05, 0) is 40.8 Å². The first-order chi connectivity index (χ1) is 12.4. The SMILES string of the molecule is COCCCc1ccc2cc(-c3c(F)c(F)c(F)c(F)c3F)ccc2c1. The largest absolute Gasteiger partial charge is 0.385 e. The summed E-state index contributed by atoms with van der Waals surface area (Å²) >= 11 is 0. The summed E-state index contributed by atoms with van der Waals surface area (Å²) in [6.07, 6.45) is 1.66. The Morgan fingerprint density at radius 2 is 1.31 bits per heavy atom. The number of fused-ring (bicyclic) bond motifs is 1. The molecule has 0 bridgehead atoms. The molecule has 0 aliphatic heterocycles. The molecule has 6 heteroatoms. The number of methoxy groups -OCH3 is 1. The number of halogens is 5. The summed E-state index contributed by atoms with van der Waals surface area (Å²) in [5.41, 5.74) is 0.0726. The highest BCUT2D eigenvalue weighted by Crippen LogP contribution is 2.33. The van der Waals surface area contributed by atoms with Crippen LogP contribution in [0.25, 0.3) is 21.9 Å². The van der Waals surface area contributed by atoms with Crippen molar-refractivity contribution in [3.63, 3.8) is 0 Å². The molecule has 3 aromatic rings. The average Bonchev–Trinajstić information content (AvgIpc) is 2.65. The predicted molar refractivity (Wildman–Crippen MR) is 89.4 cm³/mol. The molecule has 1 nitrogen and oxygen atoms in total. The lowest BCUT2D eigenvalue weighted by molar-refractivity contribution is 0.195. The van der Waals surface area contributed by atoms with Crippen molar-refractivity contribution in [2.75, 3.05) is 13.7 Å². The Hall–Kier alpha value is -2.47. The van der Waals surface area contributed by atoms with Gasteiger partial charge in [0.1, 0.15) is 0 Å². The Labute approximate surface area is 147 Å². The number of rotatable bonds is 5. The maximum Gasteiger partial charge on any atom is 0.200 e. The maximum absolute atomic E-state index is 14.0. The van der Waals surface area contributed by atoms with Gasteiger partial charge in [0.15, 0.2) is 23.3 Å². The molecule has 0 fully saturated rings. The van der Waals surface area contributed by atoms with Gasteiger partial charge in [0.05, 0.1) is 5.56 Å². The quantitative estimate of drug-likeness (QED) is 0.241. The van der Waals surface area contributed by atoms with Crippen LogP contribution in [0.15, 0.2) is 36.4 Å². The Balaban J connectivity index is 2.04. The van der Waals surface area contributed by atoms with Crippen LogP contribution in [-0.4, -0.2) is 13.7 Å². The van der Waals surface area contributed by atoms with Crippen molar-refractivity contribution >= 4 is 10.8 Å². The highest BCUT2D eigenvalue weighted by atomic mass is 19.2. The van der Waals surface area contributed by atoms with Crippen molar-refractivity contribution in [2.45, 2.75) is 12.8 Å². The number of hydrogen-bond acceptors (Lipinski definition) is 1. The third-order valence-electron chi connectivity index (χ3n) is 4.22. The summed E-state index contributed by atoms with van der Waals surface area (Å²) in [5, 5.41) is 1.45. The molecule has 0 saturated heterocycles. The highest BCUT2D eigenvalue weighted by molar-refractivity contribution is 5.88. The third kappa shape index (κ3) is 3.29. The minimum atomic E-state index is -2.16. The van der Waals surface area contributed by atoms with Crippen molar-refractivity contribution < 1.29 is 26.7 Å². The van der Waals surface area contributed by atoms with E-state index < -0.39 is 34.6 Å². The minimum absolute atomic E-state index is 0.0718. The first-order valence-corrected chi connectivity index (χ1v) is 7.97. The molecule has 0 unspecified atom stereocenters. The smallest absolute Gasteiger partial charge is 0.200 e. The zero-order chi connectivity index (χ0) is 18.8. The van der Waals surface area contributed by atoms with E-state index in [-0.39, 0.29) is 5.56 Å². The van der Waals surface area contributed by atoms with Gasteiger partial charge < -0.3 is 4.74 Å². The molecule has 0 heterocycles. The van der Waals surface area contributed by atoms with Crippen molar-refractivity contribution in [1.29, 1.82) is 0 Å². The van der Waals surface area contributed by atoms with Gasteiger partial charge >= 0.3 is 0 Å². The maximum atomic E-state index is 14.0. The lowest BCUT2D eigenvalue weighted by Crippen LogP contribution is -2.04. The first-order valence-electron chi connectivity index (χ1n) is 7.97. The van der Waals surface area contributed by atoms with E-state index in [2.05, 4.69) is 0 Å². The Morgan fingerprint density at radius 3 is 1.96 bits per heavy atom. The molecule has 3 aromatic carbocycles. The average molecular weight is 366 g/mol. The van der Waals surface area contributed by atoms with Crippen LogP contribution in [0.4, 0.5) is 22.0 Å². The number of aryl methyl sites for hydroxylation is 1. The summed E-state index contributed by atoms with van der Waals surface area (Å²) in [6.45, 7) is 0.636. The topological polar surface area (TPSA) is 9.23 Å². The standard InChI is InChI=1S/C20H15F5O/c1-26-8-2-3-11-4-5-13-10-14(7-6-12(13)9-11)15-16(21)18(23)20(25)19(24)17(15)22/h4-7,9-10H,2-3,8H2,1H3. The summed E-state index contributed by atoms with van der Waals surface area (Å²) in [6, 6.07) is 9.90. The van der Waals surface area contributed by atoms with Gasteiger partial charge in [0.25, 0.3) is 0 Å². The van der Waals surface area contributed by atoms with Gasteiger partial charge in [-0.15, -0.1) is 0 Å². The second kappa shape index (κ2) is 7.41. The fourth-order valence-electron chi connectivity index (χ4n) is 2.89. The molecule has 0 radical (unpaired) electrons. The van der Waals surface area contributed by atoms with E-state index in [0.29, 0.717) is 12.0 Å². The molecule has 0 N–H and O–H groups in total. The van der Waals surface area contributed by atoms with Crippen LogP contribution in [0.5, 0.6) is 0 Å². The van der Waals surface area contributed by atoms with E-state index in [1.165, 1.54) is 12.1 Å². The summed E-state index contributed by atoms with van der Waals surface area (Å²) in [7, 11) is 1.63. The minimum Gasteiger partial charge on any atom is -0.385 e. The van der Waals surface area contributed by atoms with Gasteiger partial charge in [0.2, 0.25) is 5.82 Å². The molecular formula is C20H15F5O. The van der Waals surface area contributed by atoms with E-state index in [4.69, 9.17) is 4.74 Å². The van der Waals surface area contributed by atoms with Crippen molar-refractivity contribution in [2.24, 2.45) is 0 Å². The summed E-state index contributed by atoms with van der Waals surface area (Å²) in [5.74, 6) is -9.74. The Morgan fingerprint density at radius 1 is 0.731 bits per heavy atom. The lowest BCUT2D eigenvalue weighted by atomic mass is 9.98. The van der Waals surface area contributed by atoms with Gasteiger partial charge in [-0.25, -0.2) is 22.0 Å². The third-order valence-corrected chi connectivity index (χ3v) is 4.22. The Bertz CT molecular complexity index is 939. The summed E-state index contributed by atoms with van der Waals surface area (Å²) < 4.78 is 73.1. The fourth-order valence-corrected chi connectivity index (χ4v) is 2.89. The molecule has 3 rings (SSSR count). The second-order valence-electron chi connectivity index (χ2n) is 5.94. The number of benzene rings is 3. The van der Waals surface area contributed by atoms with Crippen LogP contribution in [-0.2, 0) is 11.2 Å². The van der Waals surface area contributed by atoms with Gasteiger partial charge in [-0.3, -0.25) is 0 Å². The molecule has 26 heavy (non-hydrogen) atoms. The van der Waals surface area contributed by atoms with Crippen LogP contribution in [0.3, 0.4) is 0 Å². The van der Waals surface area contributed by atoms with E-state index in [0.717, 1.165) is 23.8 Å². The molecule has 0 spiro atoms. The zero-order valence-electron chi connectivity index (χ0n) is 13.9.